The Hall–Kier alpha value is -0.110. The molecule has 0 rings (SSSR count). The van der Waals surface area contributed by atoms with Crippen molar-refractivity contribution in [1.29, 1.82) is 0 Å². The molecule has 0 radical (unpaired) electrons. The Kier molecular flexibility index (Phi) is 4.68. The zero-order valence-corrected chi connectivity index (χ0v) is 7.16. The van der Waals surface area contributed by atoms with E-state index in [1.54, 1.807) is 5.49 Å². The van der Waals surface area contributed by atoms with E-state index in [0.29, 0.717) is 12.0 Å². The molecule has 0 heterocycles. The van der Waals surface area contributed by atoms with Gasteiger partial charge in [0.1, 0.15) is 0 Å². The summed E-state index contributed by atoms with van der Waals surface area (Å²) in [5.41, 5.74) is 1.59. The van der Waals surface area contributed by atoms with Crippen LogP contribution in [0.4, 0.5) is 0 Å². The van der Waals surface area contributed by atoms with Crippen LogP contribution in [0.2, 0.25) is 0 Å². The van der Waals surface area contributed by atoms with Gasteiger partial charge >= 0.3 is 0 Å². The van der Waals surface area contributed by atoms with E-state index in [1.165, 1.54) is 6.42 Å². The summed E-state index contributed by atoms with van der Waals surface area (Å²) in [6.45, 7) is 6.56. The third kappa shape index (κ3) is 3.46. The fourth-order valence-electron chi connectivity index (χ4n) is 0.625. The normalized spacial score (nSPS) is 16.3. The van der Waals surface area contributed by atoms with E-state index in [-0.39, 0.29) is 0 Å². The Morgan fingerprint density at radius 2 is 2.11 bits per heavy atom. The van der Waals surface area contributed by atoms with Crippen LogP contribution in [0.1, 0.15) is 27.2 Å². The molecule has 0 saturated heterocycles. The quantitative estimate of drug-likeness (QED) is 0.607. The second kappa shape index (κ2) is 4.74. The molecule has 1 nitrogen and oxygen atoms in total. The third-order valence-corrected chi connectivity index (χ3v) is 1.96. The minimum absolute atomic E-state index is 0.521. The molecular weight excluding hydrogens is 130 g/mol. The predicted molar refractivity (Wildman–Crippen MR) is 45.7 cm³/mol. The monoisotopic (exact) mass is 145 g/mol. The molecule has 0 bridgehead atoms. The number of hydrogen-bond donors (Lipinski definition) is 1. The van der Waals surface area contributed by atoms with Crippen molar-refractivity contribution in [2.24, 2.45) is 5.92 Å². The SMILES string of the molecule is CCC(C)C(C)NC=S. The molecule has 9 heavy (non-hydrogen) atoms. The molecular formula is C7H15NS. The molecule has 0 aliphatic carbocycles. The van der Waals surface area contributed by atoms with Crippen molar-refractivity contribution in [2.75, 3.05) is 0 Å². The maximum Gasteiger partial charge on any atom is 0.0617 e. The topological polar surface area (TPSA) is 12.0 Å². The lowest BCUT2D eigenvalue weighted by Gasteiger charge is -2.17. The lowest BCUT2D eigenvalue weighted by Crippen LogP contribution is -2.29. The molecule has 0 aromatic heterocycles. The van der Waals surface area contributed by atoms with E-state index >= 15 is 0 Å². The molecule has 54 valence electrons. The second-order valence-electron chi connectivity index (χ2n) is 2.46. The van der Waals surface area contributed by atoms with E-state index in [4.69, 9.17) is 0 Å². The summed E-state index contributed by atoms with van der Waals surface area (Å²) in [5, 5.41) is 3.09. The van der Waals surface area contributed by atoms with Crippen LogP contribution in [0.3, 0.4) is 0 Å². The smallest absolute Gasteiger partial charge is 0.0617 e. The van der Waals surface area contributed by atoms with Crippen LogP contribution in [0.5, 0.6) is 0 Å². The van der Waals surface area contributed by atoms with Crippen molar-refractivity contribution < 1.29 is 0 Å². The van der Waals surface area contributed by atoms with Gasteiger partial charge < -0.3 is 5.32 Å². The molecule has 0 aliphatic heterocycles. The molecule has 1 N–H and O–H groups in total. The molecule has 0 fully saturated rings. The van der Waals surface area contributed by atoms with Gasteiger partial charge in [0, 0.05) is 6.04 Å². The molecule has 0 aromatic carbocycles. The number of thiocarbonyl (C=S) groups is 1. The first kappa shape index (κ1) is 8.89. The van der Waals surface area contributed by atoms with Gasteiger partial charge in [-0.1, -0.05) is 32.5 Å². The van der Waals surface area contributed by atoms with Crippen molar-refractivity contribution in [3.63, 3.8) is 0 Å². The van der Waals surface area contributed by atoms with Crippen LogP contribution in [0, 0.1) is 5.92 Å². The van der Waals surface area contributed by atoms with Gasteiger partial charge in [-0.15, -0.1) is 0 Å². The van der Waals surface area contributed by atoms with Crippen LogP contribution in [0.15, 0.2) is 0 Å². The van der Waals surface area contributed by atoms with Gasteiger partial charge in [0.15, 0.2) is 0 Å². The maximum absolute atomic E-state index is 4.66. The Labute approximate surface area is 62.8 Å². The van der Waals surface area contributed by atoms with Crippen molar-refractivity contribution >= 4 is 17.7 Å². The minimum atomic E-state index is 0.521. The molecule has 0 amide bonds. The van der Waals surface area contributed by atoms with Gasteiger partial charge in [0.2, 0.25) is 0 Å². The molecule has 0 aliphatic rings. The Morgan fingerprint density at radius 3 is 2.44 bits per heavy atom. The summed E-state index contributed by atoms with van der Waals surface area (Å²) in [6, 6.07) is 0.521. The van der Waals surface area contributed by atoms with E-state index in [0.717, 1.165) is 0 Å². The summed E-state index contributed by atoms with van der Waals surface area (Å²) in [5.74, 6) is 0.712. The number of hydrogen-bond acceptors (Lipinski definition) is 1. The van der Waals surface area contributed by atoms with Crippen LogP contribution >= 0.6 is 12.2 Å². The van der Waals surface area contributed by atoms with Gasteiger partial charge in [-0.25, -0.2) is 0 Å². The minimum Gasteiger partial charge on any atom is -0.379 e. The molecule has 0 aromatic rings. The average molecular weight is 145 g/mol. The molecule has 2 heteroatoms. The summed E-state index contributed by atoms with van der Waals surface area (Å²) < 4.78 is 0. The fraction of sp³-hybridized carbons (Fsp3) is 0.857. The van der Waals surface area contributed by atoms with Crippen LogP contribution < -0.4 is 5.32 Å². The highest BCUT2D eigenvalue weighted by atomic mass is 32.1. The third-order valence-electron chi connectivity index (χ3n) is 1.83. The highest BCUT2D eigenvalue weighted by Gasteiger charge is 2.06. The highest BCUT2D eigenvalue weighted by molar-refractivity contribution is 7.78. The van der Waals surface area contributed by atoms with Crippen molar-refractivity contribution in [3.05, 3.63) is 0 Å². The Morgan fingerprint density at radius 1 is 1.56 bits per heavy atom. The second-order valence-corrected chi connectivity index (χ2v) is 2.69. The number of rotatable bonds is 4. The zero-order chi connectivity index (χ0) is 7.28. The first-order chi connectivity index (χ1) is 4.22. The molecule has 0 saturated carbocycles. The van der Waals surface area contributed by atoms with E-state index in [1.807, 2.05) is 0 Å². The Balaban J connectivity index is 3.44. The Bertz CT molecular complexity index is 83.0. The summed E-state index contributed by atoms with van der Waals surface area (Å²) in [6.07, 6.45) is 1.21. The fourth-order valence-corrected chi connectivity index (χ4v) is 0.840. The lowest BCUT2D eigenvalue weighted by atomic mass is 10.0. The van der Waals surface area contributed by atoms with Crippen molar-refractivity contribution in [2.45, 2.75) is 33.2 Å². The molecule has 2 unspecified atom stereocenters. The van der Waals surface area contributed by atoms with E-state index in [9.17, 15) is 0 Å². The van der Waals surface area contributed by atoms with E-state index < -0.39 is 0 Å². The van der Waals surface area contributed by atoms with Gasteiger partial charge in [-0.05, 0) is 12.8 Å². The first-order valence-corrected chi connectivity index (χ1v) is 3.89. The van der Waals surface area contributed by atoms with Crippen LogP contribution in [-0.2, 0) is 0 Å². The standard InChI is InChI=1S/C7H15NS/c1-4-6(2)7(3)8-5-9/h5-7H,4H2,1-3H3,(H,8,9). The van der Waals surface area contributed by atoms with Crippen LogP contribution in [-0.4, -0.2) is 11.5 Å². The molecule has 2 atom stereocenters. The largest absolute Gasteiger partial charge is 0.379 e. The maximum atomic E-state index is 4.66. The average Bonchev–Trinajstić information content (AvgIpc) is 1.87. The summed E-state index contributed by atoms with van der Waals surface area (Å²) in [7, 11) is 0. The molecule has 0 spiro atoms. The first-order valence-electron chi connectivity index (χ1n) is 3.42. The van der Waals surface area contributed by atoms with Gasteiger partial charge in [-0.3, -0.25) is 0 Å². The van der Waals surface area contributed by atoms with Gasteiger partial charge in [0.05, 0.1) is 5.49 Å². The van der Waals surface area contributed by atoms with Crippen LogP contribution in [0.25, 0.3) is 0 Å². The highest BCUT2D eigenvalue weighted by Crippen LogP contribution is 2.05. The summed E-state index contributed by atoms with van der Waals surface area (Å²) in [4.78, 5) is 0. The summed E-state index contributed by atoms with van der Waals surface area (Å²) >= 11 is 4.66. The van der Waals surface area contributed by atoms with Crippen molar-refractivity contribution in [3.8, 4) is 0 Å². The van der Waals surface area contributed by atoms with Gasteiger partial charge in [-0.2, -0.15) is 0 Å². The zero-order valence-electron chi connectivity index (χ0n) is 6.35. The number of nitrogens with one attached hydrogen (secondary N) is 1. The van der Waals surface area contributed by atoms with E-state index in [2.05, 4.69) is 38.3 Å². The van der Waals surface area contributed by atoms with Gasteiger partial charge in [0.25, 0.3) is 0 Å². The predicted octanol–water partition coefficient (Wildman–Crippen LogP) is 1.97. The van der Waals surface area contributed by atoms with Crippen molar-refractivity contribution in [1.82, 2.24) is 5.32 Å². The lowest BCUT2D eigenvalue weighted by molar-refractivity contribution is 0.441.